The van der Waals surface area contributed by atoms with E-state index in [2.05, 4.69) is 5.32 Å². The van der Waals surface area contributed by atoms with Crippen LogP contribution in [-0.2, 0) is 4.79 Å². The highest BCUT2D eigenvalue weighted by molar-refractivity contribution is 5.83. The highest BCUT2D eigenvalue weighted by atomic mass is 16.4. The van der Waals surface area contributed by atoms with Gasteiger partial charge in [-0.1, -0.05) is 0 Å². The van der Waals surface area contributed by atoms with Gasteiger partial charge in [0.15, 0.2) is 6.04 Å². The largest absolute Gasteiger partial charge is 0.480 e. The van der Waals surface area contributed by atoms with Gasteiger partial charge in [0.25, 0.3) is 0 Å². The van der Waals surface area contributed by atoms with Crippen molar-refractivity contribution in [3.8, 4) is 0 Å². The van der Waals surface area contributed by atoms with Crippen LogP contribution in [0, 0.1) is 0 Å². The number of hydrogen-bond donors (Lipinski definition) is 3. The first kappa shape index (κ1) is 12.8. The minimum Gasteiger partial charge on any atom is -0.480 e. The molecule has 16 heavy (non-hydrogen) atoms. The highest BCUT2D eigenvalue weighted by Gasteiger charge is 2.30. The number of nitrogens with one attached hydrogen (secondary N) is 1. The number of likely N-dealkylation sites (tertiary alicyclic amines) is 1. The fourth-order valence-electron chi connectivity index (χ4n) is 1.84. The third-order valence-corrected chi connectivity index (χ3v) is 2.84. The molecule has 0 aromatic rings. The molecule has 1 heterocycles. The van der Waals surface area contributed by atoms with Gasteiger partial charge in [0.1, 0.15) is 0 Å². The van der Waals surface area contributed by atoms with Crippen LogP contribution in [0.1, 0.15) is 26.7 Å². The Morgan fingerprint density at radius 3 is 2.50 bits per heavy atom. The molecule has 0 aromatic carbocycles. The Morgan fingerprint density at radius 2 is 2.12 bits per heavy atom. The molecule has 1 saturated heterocycles. The van der Waals surface area contributed by atoms with Crippen molar-refractivity contribution >= 4 is 12.0 Å². The summed E-state index contributed by atoms with van der Waals surface area (Å²) in [4.78, 5) is 24.1. The van der Waals surface area contributed by atoms with Crippen LogP contribution in [0.4, 0.5) is 4.79 Å². The maximum atomic E-state index is 11.7. The van der Waals surface area contributed by atoms with E-state index in [0.717, 1.165) is 12.8 Å². The van der Waals surface area contributed by atoms with E-state index >= 15 is 0 Å². The fourth-order valence-corrected chi connectivity index (χ4v) is 1.84. The third-order valence-electron chi connectivity index (χ3n) is 2.84. The van der Waals surface area contributed by atoms with Crippen LogP contribution in [0.25, 0.3) is 0 Å². The van der Waals surface area contributed by atoms with Crippen LogP contribution in [0.3, 0.4) is 0 Å². The molecule has 1 unspecified atom stereocenters. The Bertz CT molecular complexity index is 280. The molecule has 0 bridgehead atoms. The van der Waals surface area contributed by atoms with Crippen molar-refractivity contribution in [1.29, 1.82) is 0 Å². The molecule has 1 fully saturated rings. The SMILES string of the molecule is CC1CCCN1C(=O)N[C@H](C(=O)O)[C@@H](C)O. The zero-order valence-corrected chi connectivity index (χ0v) is 9.51. The maximum Gasteiger partial charge on any atom is 0.328 e. The van der Waals surface area contributed by atoms with Gasteiger partial charge in [-0.15, -0.1) is 0 Å². The molecule has 1 aliphatic rings. The number of aliphatic carboxylic acids is 1. The van der Waals surface area contributed by atoms with Gasteiger partial charge in [0.2, 0.25) is 0 Å². The lowest BCUT2D eigenvalue weighted by molar-refractivity contribution is -0.141. The summed E-state index contributed by atoms with van der Waals surface area (Å²) >= 11 is 0. The van der Waals surface area contributed by atoms with Gasteiger partial charge in [-0.2, -0.15) is 0 Å². The maximum absolute atomic E-state index is 11.7. The summed E-state index contributed by atoms with van der Waals surface area (Å²) in [6.07, 6.45) is 0.750. The van der Waals surface area contributed by atoms with Crippen molar-refractivity contribution in [2.45, 2.75) is 44.9 Å². The van der Waals surface area contributed by atoms with Gasteiger partial charge in [0, 0.05) is 12.6 Å². The van der Waals surface area contributed by atoms with E-state index in [1.807, 2.05) is 6.92 Å². The summed E-state index contributed by atoms with van der Waals surface area (Å²) in [5, 5.41) is 20.4. The van der Waals surface area contributed by atoms with Gasteiger partial charge in [-0.25, -0.2) is 9.59 Å². The Labute approximate surface area is 94.2 Å². The summed E-state index contributed by atoms with van der Waals surface area (Å²) in [6.45, 7) is 3.90. The van der Waals surface area contributed by atoms with Crippen molar-refractivity contribution in [2.75, 3.05) is 6.54 Å². The van der Waals surface area contributed by atoms with Crippen LogP contribution < -0.4 is 5.32 Å². The minimum absolute atomic E-state index is 0.128. The van der Waals surface area contributed by atoms with Crippen molar-refractivity contribution in [3.05, 3.63) is 0 Å². The molecule has 0 spiro atoms. The van der Waals surface area contributed by atoms with Crippen molar-refractivity contribution in [2.24, 2.45) is 0 Å². The minimum atomic E-state index is -1.25. The average Bonchev–Trinajstić information content (AvgIpc) is 2.59. The lowest BCUT2D eigenvalue weighted by Crippen LogP contribution is -2.52. The molecule has 6 heteroatoms. The van der Waals surface area contributed by atoms with E-state index in [9.17, 15) is 14.7 Å². The Hall–Kier alpha value is -1.30. The lowest BCUT2D eigenvalue weighted by atomic mass is 10.2. The molecule has 0 aromatic heterocycles. The number of carbonyl (C=O) groups is 2. The highest BCUT2D eigenvalue weighted by Crippen LogP contribution is 2.16. The van der Waals surface area contributed by atoms with Crippen LogP contribution in [-0.4, -0.2) is 51.8 Å². The number of aliphatic hydroxyl groups excluding tert-OH is 1. The number of amides is 2. The number of aliphatic hydroxyl groups is 1. The second kappa shape index (κ2) is 5.16. The van der Waals surface area contributed by atoms with Gasteiger partial charge in [-0.05, 0) is 26.7 Å². The molecule has 6 nitrogen and oxygen atoms in total. The van der Waals surface area contributed by atoms with Crippen molar-refractivity contribution < 1.29 is 19.8 Å². The molecular formula is C10H18N2O4. The molecular weight excluding hydrogens is 212 g/mol. The number of carboxylic acid groups (broad SMARTS) is 1. The van der Waals surface area contributed by atoms with Crippen LogP contribution in [0.2, 0.25) is 0 Å². The van der Waals surface area contributed by atoms with E-state index in [-0.39, 0.29) is 6.04 Å². The monoisotopic (exact) mass is 230 g/mol. The first-order chi connectivity index (χ1) is 7.43. The molecule has 1 rings (SSSR count). The molecule has 0 radical (unpaired) electrons. The number of hydrogen-bond acceptors (Lipinski definition) is 3. The van der Waals surface area contributed by atoms with E-state index in [4.69, 9.17) is 5.11 Å². The molecule has 0 aliphatic carbocycles. The average molecular weight is 230 g/mol. The topological polar surface area (TPSA) is 89.9 Å². The molecule has 3 N–H and O–H groups in total. The number of urea groups is 1. The summed E-state index contributed by atoms with van der Waals surface area (Å²) in [5.74, 6) is -1.23. The number of carbonyl (C=O) groups excluding carboxylic acids is 1. The Balaban J connectivity index is 2.58. The molecule has 3 atom stereocenters. The summed E-state index contributed by atoms with van der Waals surface area (Å²) in [7, 11) is 0. The van der Waals surface area contributed by atoms with Gasteiger partial charge in [0.05, 0.1) is 6.10 Å². The van der Waals surface area contributed by atoms with Gasteiger partial charge >= 0.3 is 12.0 Å². The second-order valence-corrected chi connectivity index (χ2v) is 4.19. The van der Waals surface area contributed by atoms with Crippen molar-refractivity contribution in [3.63, 3.8) is 0 Å². The summed E-state index contributed by atoms with van der Waals surface area (Å²) in [6, 6.07) is -1.54. The zero-order chi connectivity index (χ0) is 12.3. The summed E-state index contributed by atoms with van der Waals surface area (Å²) < 4.78 is 0. The van der Waals surface area contributed by atoms with Gasteiger partial charge in [-0.3, -0.25) is 0 Å². The van der Waals surface area contributed by atoms with Crippen LogP contribution >= 0.6 is 0 Å². The molecule has 92 valence electrons. The second-order valence-electron chi connectivity index (χ2n) is 4.19. The van der Waals surface area contributed by atoms with E-state index in [1.54, 1.807) is 4.90 Å². The molecule has 1 aliphatic heterocycles. The van der Waals surface area contributed by atoms with E-state index in [0.29, 0.717) is 6.54 Å². The molecule has 2 amide bonds. The first-order valence-corrected chi connectivity index (χ1v) is 5.41. The third kappa shape index (κ3) is 2.85. The van der Waals surface area contributed by atoms with E-state index in [1.165, 1.54) is 6.92 Å². The summed E-state index contributed by atoms with van der Waals surface area (Å²) in [5.41, 5.74) is 0. The van der Waals surface area contributed by atoms with E-state index < -0.39 is 24.1 Å². The molecule has 0 saturated carbocycles. The smallest absolute Gasteiger partial charge is 0.328 e. The Kier molecular flexibility index (Phi) is 4.12. The Morgan fingerprint density at radius 1 is 1.50 bits per heavy atom. The first-order valence-electron chi connectivity index (χ1n) is 5.41. The van der Waals surface area contributed by atoms with Crippen LogP contribution in [0.15, 0.2) is 0 Å². The number of rotatable bonds is 3. The standard InChI is InChI=1S/C10H18N2O4/c1-6-4-3-5-12(6)10(16)11-8(7(2)13)9(14)15/h6-8,13H,3-5H2,1-2H3,(H,11,16)(H,14,15)/t6?,7-,8+/m1/s1. The fraction of sp³-hybridized carbons (Fsp3) is 0.800. The zero-order valence-electron chi connectivity index (χ0n) is 9.51. The predicted molar refractivity (Wildman–Crippen MR) is 57.0 cm³/mol. The predicted octanol–water partition coefficient (Wildman–Crippen LogP) is 0.0143. The lowest BCUT2D eigenvalue weighted by Gasteiger charge is -2.25. The van der Waals surface area contributed by atoms with Crippen LogP contribution in [0.5, 0.6) is 0 Å². The number of nitrogens with zero attached hydrogens (tertiary/aromatic N) is 1. The van der Waals surface area contributed by atoms with Crippen molar-refractivity contribution in [1.82, 2.24) is 10.2 Å². The van der Waals surface area contributed by atoms with Gasteiger partial charge < -0.3 is 20.4 Å². The quantitative estimate of drug-likeness (QED) is 0.637. The number of carboxylic acids is 1. The normalized spacial score (nSPS) is 23.9.